The van der Waals surface area contributed by atoms with Gasteiger partial charge in [-0.25, -0.2) is 0 Å². The first-order chi connectivity index (χ1) is 16.8. The first kappa shape index (κ1) is 25.4. The number of phenolic OH excluding ortho intramolecular Hbond substituents is 1. The van der Waals surface area contributed by atoms with E-state index in [0.717, 1.165) is 49.0 Å². The van der Waals surface area contributed by atoms with Gasteiger partial charge in [-0.1, -0.05) is 52.0 Å². The van der Waals surface area contributed by atoms with Gasteiger partial charge >= 0.3 is 5.97 Å². The number of methoxy groups -OCH3 is 1. The minimum atomic E-state index is -0.410. The van der Waals surface area contributed by atoms with Crippen LogP contribution in [0.3, 0.4) is 0 Å². The third kappa shape index (κ3) is 3.08. The topological polar surface area (TPSA) is 55.8 Å². The van der Waals surface area contributed by atoms with Crippen molar-refractivity contribution < 1.29 is 19.4 Å². The Morgan fingerprint density at radius 2 is 1.75 bits per heavy atom. The van der Waals surface area contributed by atoms with Gasteiger partial charge in [0, 0.05) is 10.6 Å². The van der Waals surface area contributed by atoms with Crippen molar-refractivity contribution >= 4 is 18.6 Å². The molecule has 4 aliphatic carbocycles. The van der Waals surface area contributed by atoms with Crippen LogP contribution in [0.5, 0.6) is 11.5 Å². The number of ether oxygens (including phenoxy) is 2. The quantitative estimate of drug-likeness (QED) is 0.545. The van der Waals surface area contributed by atoms with Crippen molar-refractivity contribution in [3.05, 3.63) is 33.7 Å². The largest absolute Gasteiger partial charge is 0.504 e. The van der Waals surface area contributed by atoms with Crippen LogP contribution in [0.1, 0.15) is 92.1 Å². The van der Waals surface area contributed by atoms with Gasteiger partial charge in [-0.05, 0) is 97.8 Å². The van der Waals surface area contributed by atoms with Gasteiger partial charge in [-0.3, -0.25) is 4.79 Å². The number of benzene rings is 1. The van der Waals surface area contributed by atoms with E-state index in [9.17, 15) is 9.90 Å². The molecule has 1 N–H and O–H groups in total. The van der Waals surface area contributed by atoms with Gasteiger partial charge in [0.1, 0.15) is 0 Å². The van der Waals surface area contributed by atoms with Crippen LogP contribution in [0.25, 0.3) is 12.7 Å². The second-order valence-corrected chi connectivity index (χ2v) is 13.4. The molecule has 4 aliphatic rings. The van der Waals surface area contributed by atoms with E-state index in [1.165, 1.54) is 17.6 Å². The van der Waals surface area contributed by atoms with Crippen molar-refractivity contribution in [1.29, 1.82) is 0 Å². The number of hydrogen-bond donors (Lipinski definition) is 1. The van der Waals surface area contributed by atoms with Crippen LogP contribution < -0.4 is 15.2 Å². The second kappa shape index (κ2) is 7.88. The highest BCUT2D eigenvalue weighted by Gasteiger charge is 2.67. The maximum Gasteiger partial charge on any atom is 0.311 e. The minimum Gasteiger partial charge on any atom is -0.504 e. The molecule has 36 heavy (non-hydrogen) atoms. The molecule has 0 unspecified atom stereocenters. The zero-order valence-corrected chi connectivity index (χ0v) is 23.3. The molecular formula is C32H44O4. The van der Waals surface area contributed by atoms with Gasteiger partial charge in [0.15, 0.2) is 11.5 Å². The van der Waals surface area contributed by atoms with Crippen LogP contribution >= 0.6 is 0 Å². The number of allylic oxidation sites excluding steroid dienone is 2. The molecule has 1 aromatic carbocycles. The molecule has 0 radical (unpaired) electrons. The van der Waals surface area contributed by atoms with Gasteiger partial charge in [0.2, 0.25) is 0 Å². The summed E-state index contributed by atoms with van der Waals surface area (Å²) in [5.41, 5.74) is 2.39. The molecule has 0 saturated heterocycles. The molecule has 196 valence electrons. The average molecular weight is 493 g/mol. The normalized spacial score (nSPS) is 41.0. The fourth-order valence-electron chi connectivity index (χ4n) is 9.08. The van der Waals surface area contributed by atoms with Gasteiger partial charge in [-0.2, -0.15) is 0 Å². The Balaban J connectivity index is 1.63. The summed E-state index contributed by atoms with van der Waals surface area (Å²) in [6, 6.07) is 1.92. The number of fused-ring (bicyclic) bond motifs is 7. The highest BCUT2D eigenvalue weighted by atomic mass is 16.5. The third-order valence-corrected chi connectivity index (χ3v) is 11.7. The Bertz CT molecular complexity index is 1260. The highest BCUT2D eigenvalue weighted by Crippen LogP contribution is 2.74. The lowest BCUT2D eigenvalue weighted by atomic mass is 9.35. The molecule has 4 heteroatoms. The van der Waals surface area contributed by atoms with Gasteiger partial charge in [0.25, 0.3) is 0 Å². The molecule has 4 nitrogen and oxygen atoms in total. The van der Waals surface area contributed by atoms with Crippen LogP contribution in [0.15, 0.2) is 17.7 Å². The second-order valence-electron chi connectivity index (χ2n) is 13.4. The monoisotopic (exact) mass is 492 g/mol. The molecule has 0 heterocycles. The molecule has 0 spiro atoms. The van der Waals surface area contributed by atoms with Crippen LogP contribution in [0.4, 0.5) is 0 Å². The van der Waals surface area contributed by atoms with Crippen molar-refractivity contribution in [2.45, 2.75) is 91.9 Å². The number of hydrogen-bond acceptors (Lipinski definition) is 4. The average Bonchev–Trinajstić information content (AvgIpc) is 2.83. The predicted octanol–water partition coefficient (Wildman–Crippen LogP) is 5.77. The summed E-state index contributed by atoms with van der Waals surface area (Å²) in [4.78, 5) is 13.1. The zero-order chi connectivity index (χ0) is 26.3. The number of aromatic hydroxyl groups is 1. The number of carbonyl (C=O) groups is 1. The van der Waals surface area contributed by atoms with Gasteiger partial charge in [0.05, 0.1) is 19.1 Å². The Kier molecular flexibility index (Phi) is 5.57. The van der Waals surface area contributed by atoms with E-state index in [0.29, 0.717) is 18.3 Å². The van der Waals surface area contributed by atoms with E-state index in [2.05, 4.69) is 53.3 Å². The fraction of sp³-hybridized carbons (Fsp3) is 0.656. The number of carbonyl (C=O) groups excluding carboxylic acids is 1. The van der Waals surface area contributed by atoms with E-state index >= 15 is 0 Å². The maximum absolute atomic E-state index is 13.1. The van der Waals surface area contributed by atoms with Crippen molar-refractivity contribution in [3.63, 3.8) is 0 Å². The molecule has 6 atom stereocenters. The molecular weight excluding hydrogens is 448 g/mol. The van der Waals surface area contributed by atoms with Crippen molar-refractivity contribution in [3.8, 4) is 11.5 Å². The van der Waals surface area contributed by atoms with E-state index in [4.69, 9.17) is 9.47 Å². The van der Waals surface area contributed by atoms with Gasteiger partial charge < -0.3 is 14.6 Å². The molecule has 0 aliphatic heterocycles. The first-order valence-electron chi connectivity index (χ1n) is 13.8. The lowest BCUT2D eigenvalue weighted by Gasteiger charge is -2.69. The zero-order valence-electron chi connectivity index (χ0n) is 23.3. The maximum atomic E-state index is 13.1. The van der Waals surface area contributed by atoms with Crippen molar-refractivity contribution in [2.24, 2.45) is 27.6 Å². The van der Waals surface area contributed by atoms with Crippen LogP contribution in [0, 0.1) is 27.6 Å². The standard InChI is InChI=1S/C32H44O4/c1-9-36-27(34)29(4)13-12-28(3)14-16-31(6)24-11-10-21-20(2)26(35-8)23(33)18-22(21)30(24,5)15-17-32(31,7)25(28)19-29/h10-11,18,25,33H,2,9,12-17,19H2,1,3-8H3/t25-,28-,29-,30+,31-,32+/m1/s1. The number of esters is 1. The summed E-state index contributed by atoms with van der Waals surface area (Å²) in [6.07, 6.45) is 11.9. The first-order valence-corrected chi connectivity index (χ1v) is 13.8. The summed E-state index contributed by atoms with van der Waals surface area (Å²) in [5.74, 6) is 1.07. The highest BCUT2D eigenvalue weighted by molar-refractivity contribution is 5.76. The molecule has 3 fully saturated rings. The summed E-state index contributed by atoms with van der Waals surface area (Å²) in [5, 5.41) is 12.6. The predicted molar refractivity (Wildman–Crippen MR) is 144 cm³/mol. The Hall–Kier alpha value is -2.23. The van der Waals surface area contributed by atoms with Crippen molar-refractivity contribution in [1.82, 2.24) is 0 Å². The fourth-order valence-corrected chi connectivity index (χ4v) is 9.08. The van der Waals surface area contributed by atoms with E-state index in [1.54, 1.807) is 7.11 Å². The number of phenols is 1. The van der Waals surface area contributed by atoms with Crippen molar-refractivity contribution in [2.75, 3.05) is 13.7 Å². The molecule has 1 aromatic rings. The number of rotatable bonds is 3. The van der Waals surface area contributed by atoms with Crippen LogP contribution in [-0.4, -0.2) is 24.8 Å². The Labute approximate surface area is 216 Å². The Morgan fingerprint density at radius 1 is 1.06 bits per heavy atom. The molecule has 0 aromatic heterocycles. The SMILES string of the molecule is C=c1c(OC)c(O)cc2c1=CC=C1[C@@]2(C)CC[C@@]2(C)[C@@H]3C[C@](C)(C(=O)OCC)CC[C@]3(C)CC[C@]12C. The van der Waals surface area contributed by atoms with E-state index in [-0.39, 0.29) is 33.4 Å². The summed E-state index contributed by atoms with van der Waals surface area (Å²) < 4.78 is 11.0. The van der Waals surface area contributed by atoms with E-state index < -0.39 is 5.41 Å². The Morgan fingerprint density at radius 3 is 2.42 bits per heavy atom. The molecule has 3 saturated carbocycles. The smallest absolute Gasteiger partial charge is 0.311 e. The van der Waals surface area contributed by atoms with E-state index in [1.807, 2.05) is 13.0 Å². The molecule has 5 rings (SSSR count). The van der Waals surface area contributed by atoms with Gasteiger partial charge in [-0.15, -0.1) is 0 Å². The summed E-state index contributed by atoms with van der Waals surface area (Å²) in [7, 11) is 1.59. The molecule has 0 bridgehead atoms. The minimum absolute atomic E-state index is 0.00214. The molecule has 0 amide bonds. The third-order valence-electron chi connectivity index (χ3n) is 11.7. The van der Waals surface area contributed by atoms with Crippen LogP contribution in [-0.2, 0) is 14.9 Å². The van der Waals surface area contributed by atoms with Crippen LogP contribution in [0.2, 0.25) is 0 Å². The lowest BCUT2D eigenvalue weighted by molar-refractivity contribution is -0.181. The summed E-state index contributed by atoms with van der Waals surface area (Å²) in [6.45, 7) is 18.6. The summed E-state index contributed by atoms with van der Waals surface area (Å²) >= 11 is 0. The lowest BCUT2D eigenvalue weighted by Crippen LogP contribution is -2.63.